The lowest BCUT2D eigenvalue weighted by Crippen LogP contribution is -2.60. The van der Waals surface area contributed by atoms with E-state index in [9.17, 15) is 25.4 Å². The number of carbonyl (C=O) groups excluding carboxylic acids is 3. The number of para-hydroxylation sites is 1. The van der Waals surface area contributed by atoms with Crippen LogP contribution in [0.15, 0.2) is 91.0 Å². The molecule has 0 saturated heterocycles. The van der Waals surface area contributed by atoms with Gasteiger partial charge in [-0.05, 0) is 81.1 Å². The number of nitriles is 3. The third kappa shape index (κ3) is 5.79. The van der Waals surface area contributed by atoms with E-state index in [0.29, 0.717) is 33.3 Å². The Hall–Kier alpha value is -6.81. The predicted octanol–water partition coefficient (Wildman–Crippen LogP) is 4.44. The largest absolute Gasteiger partial charge is 0.341 e. The number of benzene rings is 4. The summed E-state index contributed by atoms with van der Waals surface area (Å²) in [5.41, 5.74) is 3.21. The topological polar surface area (TPSA) is 182 Å². The molecule has 3 amide bonds. The average Bonchev–Trinajstić information content (AvgIpc) is 3.56. The summed E-state index contributed by atoms with van der Waals surface area (Å²) in [5.74, 6) is -1.56. The van der Waals surface area contributed by atoms with Gasteiger partial charge < -0.3 is 15.5 Å². The molecule has 2 unspecified atom stereocenters. The number of hydrogen-bond acceptors (Lipinski definition) is 8. The van der Waals surface area contributed by atoms with Gasteiger partial charge in [0, 0.05) is 10.9 Å². The van der Waals surface area contributed by atoms with E-state index in [0.717, 1.165) is 0 Å². The molecule has 4 aromatic carbocycles. The minimum absolute atomic E-state index is 0.227. The summed E-state index contributed by atoms with van der Waals surface area (Å²) in [6.07, 6.45) is 0. The van der Waals surface area contributed by atoms with Crippen molar-refractivity contribution < 1.29 is 14.4 Å². The predicted molar refractivity (Wildman–Crippen MR) is 186 cm³/mol. The molecule has 0 bridgehead atoms. The average molecular weight is 662 g/mol. The summed E-state index contributed by atoms with van der Waals surface area (Å²) in [4.78, 5) is 46.2. The Morgan fingerprint density at radius 1 is 0.880 bits per heavy atom. The van der Waals surface area contributed by atoms with E-state index in [2.05, 4.69) is 33.0 Å². The first kappa shape index (κ1) is 33.1. The van der Waals surface area contributed by atoms with Crippen LogP contribution in [-0.4, -0.2) is 53.1 Å². The smallest absolute Gasteiger partial charge is 0.258 e. The van der Waals surface area contributed by atoms with Crippen molar-refractivity contribution in [2.75, 3.05) is 16.8 Å². The molecule has 1 aliphatic rings. The number of aromatic nitrogens is 2. The van der Waals surface area contributed by atoms with Gasteiger partial charge in [0.15, 0.2) is 0 Å². The van der Waals surface area contributed by atoms with Gasteiger partial charge in [-0.1, -0.05) is 36.4 Å². The van der Waals surface area contributed by atoms with Crippen LogP contribution in [0.25, 0.3) is 10.9 Å². The zero-order chi connectivity index (χ0) is 35.5. The minimum atomic E-state index is -1.30. The number of rotatable bonds is 7. The second-order valence-electron chi connectivity index (χ2n) is 11.9. The quantitative estimate of drug-likeness (QED) is 0.229. The molecular weight excluding hydrogens is 630 g/mol. The Balaban J connectivity index is 1.67. The molecule has 0 spiro atoms. The monoisotopic (exact) mass is 661 g/mol. The van der Waals surface area contributed by atoms with Crippen molar-refractivity contribution in [2.45, 2.75) is 38.0 Å². The lowest BCUT2D eigenvalue weighted by Gasteiger charge is -2.34. The van der Waals surface area contributed by atoms with Crippen LogP contribution in [0, 0.1) is 34.0 Å². The van der Waals surface area contributed by atoms with Crippen LogP contribution in [0.3, 0.4) is 0 Å². The Morgan fingerprint density at radius 3 is 2.26 bits per heavy atom. The minimum Gasteiger partial charge on any atom is -0.341 e. The van der Waals surface area contributed by atoms with E-state index in [1.54, 1.807) is 57.3 Å². The Kier molecular flexibility index (Phi) is 9.09. The normalized spacial score (nSPS) is 16.7. The van der Waals surface area contributed by atoms with Crippen LogP contribution in [0.4, 0.5) is 11.4 Å². The molecule has 12 nitrogen and oxygen atoms in total. The maximum absolute atomic E-state index is 15.3. The number of anilines is 2. The van der Waals surface area contributed by atoms with Crippen molar-refractivity contribution in [2.24, 2.45) is 0 Å². The number of likely N-dealkylation sites (N-methyl/N-ethyl adjacent to an activating group) is 1. The first-order valence-corrected chi connectivity index (χ1v) is 15.8. The number of amides is 3. The summed E-state index contributed by atoms with van der Waals surface area (Å²) < 4.78 is 0. The Labute approximate surface area is 288 Å². The summed E-state index contributed by atoms with van der Waals surface area (Å²) in [5, 5.41) is 43.7. The fourth-order valence-electron chi connectivity index (χ4n) is 6.26. The van der Waals surface area contributed by atoms with Gasteiger partial charge in [0.05, 0.1) is 69.6 Å². The van der Waals surface area contributed by atoms with Crippen molar-refractivity contribution in [3.8, 4) is 18.2 Å². The molecule has 1 aliphatic heterocycles. The summed E-state index contributed by atoms with van der Waals surface area (Å²) in [7, 11) is 1.62. The highest BCUT2D eigenvalue weighted by molar-refractivity contribution is 6.14. The number of hydrogen-bond donors (Lipinski definition) is 3. The molecule has 0 fully saturated rings. The molecular formula is C38H31N9O3. The van der Waals surface area contributed by atoms with Gasteiger partial charge in [-0.2, -0.15) is 20.9 Å². The van der Waals surface area contributed by atoms with E-state index < -0.39 is 41.9 Å². The van der Waals surface area contributed by atoms with Crippen molar-refractivity contribution in [3.05, 3.63) is 125 Å². The number of carbonyl (C=O) groups is 3. The summed E-state index contributed by atoms with van der Waals surface area (Å²) in [6, 6.07) is 27.5. The molecule has 0 aliphatic carbocycles. The lowest BCUT2D eigenvalue weighted by atomic mass is 9.93. The van der Waals surface area contributed by atoms with Gasteiger partial charge in [-0.3, -0.25) is 24.4 Å². The number of nitrogens with zero attached hydrogens (tertiary/aromatic N) is 6. The lowest BCUT2D eigenvalue weighted by molar-refractivity contribution is -0.129. The highest BCUT2D eigenvalue weighted by atomic mass is 16.2. The molecule has 50 heavy (non-hydrogen) atoms. The number of aromatic amines is 1. The molecule has 0 radical (unpaired) electrons. The van der Waals surface area contributed by atoms with E-state index >= 15 is 4.79 Å². The van der Waals surface area contributed by atoms with Crippen molar-refractivity contribution in [1.29, 1.82) is 15.8 Å². The van der Waals surface area contributed by atoms with Crippen molar-refractivity contribution in [1.82, 2.24) is 20.8 Å². The zero-order valence-electron chi connectivity index (χ0n) is 27.4. The van der Waals surface area contributed by atoms with Crippen LogP contribution in [0.5, 0.6) is 0 Å². The van der Waals surface area contributed by atoms with Gasteiger partial charge in [-0.15, -0.1) is 0 Å². The molecule has 5 aromatic rings. The van der Waals surface area contributed by atoms with Crippen LogP contribution in [0.1, 0.15) is 58.2 Å². The first-order chi connectivity index (χ1) is 24.2. The van der Waals surface area contributed by atoms with Gasteiger partial charge >= 0.3 is 0 Å². The highest BCUT2D eigenvalue weighted by Crippen LogP contribution is 2.44. The van der Waals surface area contributed by atoms with Gasteiger partial charge in [-0.25, -0.2) is 0 Å². The molecule has 3 N–H and O–H groups in total. The van der Waals surface area contributed by atoms with Crippen LogP contribution < -0.4 is 20.4 Å². The Bertz CT molecular complexity index is 2260. The van der Waals surface area contributed by atoms with Gasteiger partial charge in [0.1, 0.15) is 12.1 Å². The number of nitrogens with one attached hydrogen (secondary N) is 3. The molecule has 0 saturated carbocycles. The maximum Gasteiger partial charge on any atom is 0.258 e. The number of fused-ring (bicyclic) bond motifs is 2. The third-order valence-electron chi connectivity index (χ3n) is 9.02. The van der Waals surface area contributed by atoms with E-state index in [4.69, 9.17) is 0 Å². The third-order valence-corrected chi connectivity index (χ3v) is 9.02. The number of H-pyrrole nitrogens is 1. The highest BCUT2D eigenvalue weighted by Gasteiger charge is 2.46. The molecule has 6 rings (SSSR count). The zero-order valence-corrected chi connectivity index (χ0v) is 27.4. The molecule has 246 valence electrons. The standard InChI is InChI=1S/C38H31N9O3/c1-22(42-3)36(48)43-33-23(2)46(37(49)26-15-12-24(19-39)13-16-26)32-18-25(20-40)14-17-31(32)47(38(33)50)35(28-9-5-4-8-27(28)21-41)34-29-10-6-7-11-30(29)44-45-34/h4-18,22-23,33,35,42H,1-3H3,(H,43,48)(H,44,45)/t22?,23-,33-,35?/m0/s1. The fourth-order valence-corrected chi connectivity index (χ4v) is 6.26. The first-order valence-electron chi connectivity index (χ1n) is 15.8. The molecule has 2 heterocycles. The van der Waals surface area contributed by atoms with Crippen molar-refractivity contribution in [3.63, 3.8) is 0 Å². The van der Waals surface area contributed by atoms with Gasteiger partial charge in [0.2, 0.25) is 5.91 Å². The second kappa shape index (κ2) is 13.7. The van der Waals surface area contributed by atoms with E-state index in [1.165, 1.54) is 40.1 Å². The molecule has 4 atom stereocenters. The van der Waals surface area contributed by atoms with Crippen LogP contribution >= 0.6 is 0 Å². The molecule has 12 heteroatoms. The Morgan fingerprint density at radius 2 is 1.56 bits per heavy atom. The SMILES string of the molecule is CNC(C)C(=O)N[C@@H]1C(=O)N(C(c2ccccc2C#N)c2[nH]nc3ccccc23)c2ccc(C#N)cc2N(C(=O)c2ccc(C#N)cc2)[C@H]1C. The maximum atomic E-state index is 15.3. The van der Waals surface area contributed by atoms with Crippen LogP contribution in [-0.2, 0) is 9.59 Å². The fraction of sp³-hybridized carbons (Fsp3) is 0.184. The molecule has 1 aromatic heterocycles. The van der Waals surface area contributed by atoms with E-state index in [1.807, 2.05) is 30.3 Å². The second-order valence-corrected chi connectivity index (χ2v) is 11.9. The van der Waals surface area contributed by atoms with E-state index in [-0.39, 0.29) is 22.5 Å². The summed E-state index contributed by atoms with van der Waals surface area (Å²) in [6.45, 7) is 3.31. The van der Waals surface area contributed by atoms with Crippen molar-refractivity contribution >= 4 is 40.0 Å². The van der Waals surface area contributed by atoms with Gasteiger partial charge in [0.25, 0.3) is 11.8 Å². The summed E-state index contributed by atoms with van der Waals surface area (Å²) >= 11 is 0. The van der Waals surface area contributed by atoms with Crippen LogP contribution in [0.2, 0.25) is 0 Å².